The monoisotopic (exact) mass is 256 g/mol. The normalized spacial score (nSPS) is 18.7. The van der Waals surface area contributed by atoms with Crippen molar-refractivity contribution in [1.29, 1.82) is 0 Å². The van der Waals surface area contributed by atoms with E-state index in [0.717, 1.165) is 32.3 Å². The molecule has 1 rings (SSSR count). The molecule has 0 aliphatic carbocycles. The lowest BCUT2D eigenvalue weighted by atomic mass is 10.2. The number of hydrogen-bond donors (Lipinski definition) is 1. The number of ether oxygens (including phenoxy) is 1. The molecular weight excluding hydrogens is 232 g/mol. The number of amides is 2. The van der Waals surface area contributed by atoms with Crippen molar-refractivity contribution in [2.24, 2.45) is 0 Å². The van der Waals surface area contributed by atoms with Gasteiger partial charge < -0.3 is 15.0 Å². The molecule has 5 heteroatoms. The molecule has 1 fully saturated rings. The molecule has 1 unspecified atom stereocenters. The maximum Gasteiger partial charge on any atom is 0.239 e. The van der Waals surface area contributed by atoms with Gasteiger partial charge in [0.25, 0.3) is 0 Å². The summed E-state index contributed by atoms with van der Waals surface area (Å²) in [6, 6.07) is 0. The molecule has 0 spiro atoms. The van der Waals surface area contributed by atoms with Crippen LogP contribution in [0.4, 0.5) is 0 Å². The Morgan fingerprint density at radius 2 is 2.22 bits per heavy atom. The topological polar surface area (TPSA) is 58.6 Å². The fourth-order valence-electron chi connectivity index (χ4n) is 1.97. The molecule has 0 radical (unpaired) electrons. The van der Waals surface area contributed by atoms with Crippen LogP contribution in [0.25, 0.3) is 0 Å². The molecule has 0 bridgehead atoms. The summed E-state index contributed by atoms with van der Waals surface area (Å²) < 4.78 is 5.49. The van der Waals surface area contributed by atoms with Crippen LogP contribution >= 0.6 is 0 Å². The number of nitrogens with one attached hydrogen (secondary N) is 1. The highest BCUT2D eigenvalue weighted by Crippen LogP contribution is 2.13. The molecule has 0 saturated carbocycles. The number of carbonyl (C=O) groups is 2. The molecule has 0 aromatic carbocycles. The first-order chi connectivity index (χ1) is 8.63. The minimum atomic E-state index is -0.0864. The SMILES string of the molecule is CCCCNC(=O)CN(CC1CCCO1)C(C)=O. The van der Waals surface area contributed by atoms with E-state index in [2.05, 4.69) is 12.2 Å². The highest BCUT2D eigenvalue weighted by molar-refractivity contribution is 5.83. The van der Waals surface area contributed by atoms with Gasteiger partial charge in [0, 0.05) is 26.6 Å². The van der Waals surface area contributed by atoms with Gasteiger partial charge in [0.1, 0.15) is 0 Å². The molecule has 1 atom stereocenters. The largest absolute Gasteiger partial charge is 0.376 e. The average Bonchev–Trinajstić information content (AvgIpc) is 2.81. The molecule has 1 aliphatic rings. The molecule has 2 amide bonds. The minimum absolute atomic E-state index is 0.0730. The van der Waals surface area contributed by atoms with Crippen LogP contribution in [0.5, 0.6) is 0 Å². The first kappa shape index (κ1) is 15.0. The summed E-state index contributed by atoms with van der Waals surface area (Å²) in [6.45, 7) is 5.68. The zero-order chi connectivity index (χ0) is 13.4. The van der Waals surface area contributed by atoms with Gasteiger partial charge in [-0.3, -0.25) is 9.59 Å². The quantitative estimate of drug-likeness (QED) is 0.689. The molecule has 1 aliphatic heterocycles. The van der Waals surface area contributed by atoms with Gasteiger partial charge in [-0.2, -0.15) is 0 Å². The van der Waals surface area contributed by atoms with E-state index in [1.165, 1.54) is 6.92 Å². The van der Waals surface area contributed by atoms with Crippen molar-refractivity contribution in [3.8, 4) is 0 Å². The molecular formula is C13H24N2O3. The van der Waals surface area contributed by atoms with E-state index in [9.17, 15) is 9.59 Å². The molecule has 104 valence electrons. The third kappa shape index (κ3) is 5.49. The minimum Gasteiger partial charge on any atom is -0.376 e. The standard InChI is InChI=1S/C13H24N2O3/c1-3-4-7-14-13(17)10-15(11(2)16)9-12-6-5-8-18-12/h12H,3-10H2,1-2H3,(H,14,17). The summed E-state index contributed by atoms with van der Waals surface area (Å²) in [5.41, 5.74) is 0. The Kier molecular flexibility index (Phi) is 6.72. The van der Waals surface area contributed by atoms with Crippen LogP contribution in [0.1, 0.15) is 39.5 Å². The third-order valence-electron chi connectivity index (χ3n) is 3.08. The Morgan fingerprint density at radius 1 is 1.44 bits per heavy atom. The molecule has 0 aromatic rings. The first-order valence-electron chi connectivity index (χ1n) is 6.77. The Bertz CT molecular complexity index is 275. The summed E-state index contributed by atoms with van der Waals surface area (Å²) in [5.74, 6) is -0.159. The Balaban J connectivity index is 2.32. The highest BCUT2D eigenvalue weighted by Gasteiger charge is 2.22. The van der Waals surface area contributed by atoms with Gasteiger partial charge in [-0.1, -0.05) is 13.3 Å². The average molecular weight is 256 g/mol. The van der Waals surface area contributed by atoms with Gasteiger partial charge in [0.2, 0.25) is 11.8 Å². The summed E-state index contributed by atoms with van der Waals surface area (Å²) in [5, 5.41) is 2.82. The van der Waals surface area contributed by atoms with E-state index in [4.69, 9.17) is 4.74 Å². The third-order valence-corrected chi connectivity index (χ3v) is 3.08. The van der Waals surface area contributed by atoms with Gasteiger partial charge in [0.05, 0.1) is 12.6 Å². The number of nitrogens with zero attached hydrogens (tertiary/aromatic N) is 1. The predicted molar refractivity (Wildman–Crippen MR) is 69.1 cm³/mol. The van der Waals surface area contributed by atoms with Gasteiger partial charge in [-0.25, -0.2) is 0 Å². The lowest BCUT2D eigenvalue weighted by Gasteiger charge is -2.23. The van der Waals surface area contributed by atoms with Crippen molar-refractivity contribution in [1.82, 2.24) is 10.2 Å². The van der Waals surface area contributed by atoms with E-state index >= 15 is 0 Å². The van der Waals surface area contributed by atoms with Crippen molar-refractivity contribution in [3.05, 3.63) is 0 Å². The van der Waals surface area contributed by atoms with E-state index in [1.807, 2.05) is 0 Å². The van der Waals surface area contributed by atoms with Crippen LogP contribution in [0.2, 0.25) is 0 Å². The molecule has 0 aromatic heterocycles. The lowest BCUT2D eigenvalue weighted by molar-refractivity contribution is -0.135. The van der Waals surface area contributed by atoms with Crippen molar-refractivity contribution >= 4 is 11.8 Å². The van der Waals surface area contributed by atoms with E-state index in [1.54, 1.807) is 4.90 Å². The molecule has 1 saturated heterocycles. The number of hydrogen-bond acceptors (Lipinski definition) is 3. The molecule has 18 heavy (non-hydrogen) atoms. The number of unbranched alkanes of at least 4 members (excludes halogenated alkanes) is 1. The highest BCUT2D eigenvalue weighted by atomic mass is 16.5. The van der Waals surface area contributed by atoms with Crippen LogP contribution in [-0.2, 0) is 14.3 Å². The van der Waals surface area contributed by atoms with E-state index in [0.29, 0.717) is 13.1 Å². The Labute approximate surface area is 109 Å². The summed E-state index contributed by atoms with van der Waals surface area (Å²) in [6.07, 6.45) is 4.13. The lowest BCUT2D eigenvalue weighted by Crippen LogP contribution is -2.43. The number of rotatable bonds is 7. The van der Waals surface area contributed by atoms with Crippen LogP contribution in [0.15, 0.2) is 0 Å². The van der Waals surface area contributed by atoms with Crippen LogP contribution < -0.4 is 5.32 Å². The second-order valence-corrected chi connectivity index (χ2v) is 4.74. The van der Waals surface area contributed by atoms with E-state index < -0.39 is 0 Å². The van der Waals surface area contributed by atoms with Gasteiger partial charge in [-0.05, 0) is 19.3 Å². The zero-order valence-electron chi connectivity index (χ0n) is 11.4. The van der Waals surface area contributed by atoms with E-state index in [-0.39, 0.29) is 24.5 Å². The maximum atomic E-state index is 11.7. The summed E-state index contributed by atoms with van der Waals surface area (Å²) in [4.78, 5) is 24.7. The van der Waals surface area contributed by atoms with Gasteiger partial charge in [-0.15, -0.1) is 0 Å². The van der Waals surface area contributed by atoms with Crippen molar-refractivity contribution in [3.63, 3.8) is 0 Å². The van der Waals surface area contributed by atoms with Gasteiger partial charge >= 0.3 is 0 Å². The van der Waals surface area contributed by atoms with Crippen molar-refractivity contribution in [2.75, 3.05) is 26.2 Å². The smallest absolute Gasteiger partial charge is 0.239 e. The number of carbonyl (C=O) groups excluding carboxylic acids is 2. The zero-order valence-corrected chi connectivity index (χ0v) is 11.4. The second-order valence-electron chi connectivity index (χ2n) is 4.74. The predicted octanol–water partition coefficient (Wildman–Crippen LogP) is 0.930. The fraction of sp³-hybridized carbons (Fsp3) is 0.846. The molecule has 1 N–H and O–H groups in total. The maximum absolute atomic E-state index is 11.7. The van der Waals surface area contributed by atoms with Gasteiger partial charge in [0.15, 0.2) is 0 Å². The summed E-state index contributed by atoms with van der Waals surface area (Å²) in [7, 11) is 0. The van der Waals surface area contributed by atoms with Crippen molar-refractivity contribution < 1.29 is 14.3 Å². The van der Waals surface area contributed by atoms with Crippen LogP contribution in [0, 0.1) is 0 Å². The summed E-state index contributed by atoms with van der Waals surface area (Å²) >= 11 is 0. The second kappa shape index (κ2) is 8.08. The Hall–Kier alpha value is -1.10. The fourth-order valence-corrected chi connectivity index (χ4v) is 1.97. The first-order valence-corrected chi connectivity index (χ1v) is 6.77. The molecule has 5 nitrogen and oxygen atoms in total. The molecule has 1 heterocycles. The van der Waals surface area contributed by atoms with Crippen LogP contribution in [0.3, 0.4) is 0 Å². The Morgan fingerprint density at radius 3 is 2.78 bits per heavy atom. The van der Waals surface area contributed by atoms with Crippen LogP contribution in [-0.4, -0.2) is 49.1 Å². The van der Waals surface area contributed by atoms with Crippen molar-refractivity contribution in [2.45, 2.75) is 45.6 Å².